The van der Waals surface area contributed by atoms with Crippen LogP contribution in [0.4, 0.5) is 0 Å². The lowest BCUT2D eigenvalue weighted by atomic mass is 9.65. The van der Waals surface area contributed by atoms with Crippen molar-refractivity contribution >= 4 is 11.9 Å². The van der Waals surface area contributed by atoms with Crippen LogP contribution in [0.2, 0.25) is 0 Å². The van der Waals surface area contributed by atoms with E-state index in [0.717, 1.165) is 52.6 Å². The molecule has 0 heterocycles. The second-order valence-electron chi connectivity index (χ2n) is 17.7. The number of benzene rings is 4. The van der Waals surface area contributed by atoms with E-state index in [4.69, 9.17) is 18.9 Å². The van der Waals surface area contributed by atoms with Gasteiger partial charge in [-0.3, -0.25) is 0 Å². The predicted molar refractivity (Wildman–Crippen MR) is 228 cm³/mol. The second kappa shape index (κ2) is 17.3. The summed E-state index contributed by atoms with van der Waals surface area (Å²) in [6.45, 7) is 27.1. The number of carbonyl (C=O) groups is 2. The number of fused-ring (bicyclic) bond motifs is 3. The van der Waals surface area contributed by atoms with E-state index in [1.165, 1.54) is 11.1 Å². The lowest BCUT2D eigenvalue weighted by Crippen LogP contribution is -2.31. The van der Waals surface area contributed by atoms with Crippen LogP contribution in [0.15, 0.2) is 72.8 Å². The van der Waals surface area contributed by atoms with Gasteiger partial charge in [0.1, 0.15) is 22.6 Å². The van der Waals surface area contributed by atoms with Gasteiger partial charge in [0.05, 0.1) is 31.8 Å². The molecule has 0 aromatic heterocycles. The molecule has 0 spiro atoms. The number of carbonyl (C=O) groups excluding carboxylic acids is 2. The Kier molecular flexibility index (Phi) is 13.1. The molecule has 5 rings (SSSR count). The van der Waals surface area contributed by atoms with Crippen molar-refractivity contribution in [3.05, 3.63) is 117 Å². The minimum atomic E-state index is -0.957. The molecule has 0 saturated heterocycles. The number of esters is 2. The first kappa shape index (κ1) is 42.6. The summed E-state index contributed by atoms with van der Waals surface area (Å²) in [6.07, 6.45) is 2.65. The molecule has 0 aliphatic heterocycles. The van der Waals surface area contributed by atoms with E-state index in [1.54, 1.807) is 0 Å². The Bertz CT molecular complexity index is 1950. The van der Waals surface area contributed by atoms with Crippen molar-refractivity contribution in [3.63, 3.8) is 0 Å². The lowest BCUT2D eigenvalue weighted by molar-refractivity contribution is 0.0511. The third-order valence-corrected chi connectivity index (χ3v) is 11.4. The molecule has 0 radical (unpaired) electrons. The predicted octanol–water partition coefficient (Wildman–Crippen LogP) is 12.2. The van der Waals surface area contributed by atoms with E-state index in [2.05, 4.69) is 118 Å². The zero-order valence-electron chi connectivity index (χ0n) is 36.0. The Morgan fingerprint density at radius 2 is 1.02 bits per heavy atom. The number of ether oxygens (including phenoxy) is 4. The first-order valence-corrected chi connectivity index (χ1v) is 20.7. The molecule has 0 fully saturated rings. The molecule has 4 aromatic rings. The number of rotatable bonds is 16. The van der Waals surface area contributed by atoms with Gasteiger partial charge in [-0.05, 0) is 125 Å². The summed E-state index contributed by atoms with van der Waals surface area (Å²) < 4.78 is 24.0. The molecule has 300 valence electrons. The molecule has 0 bridgehead atoms. The van der Waals surface area contributed by atoms with Crippen molar-refractivity contribution in [2.75, 3.05) is 26.4 Å². The minimum Gasteiger partial charge on any atom is -0.493 e. The van der Waals surface area contributed by atoms with Gasteiger partial charge in [0, 0.05) is 0 Å². The quantitative estimate of drug-likeness (QED) is 0.0933. The summed E-state index contributed by atoms with van der Waals surface area (Å²) in [7, 11) is 0. The lowest BCUT2D eigenvalue weighted by Gasteiger charge is -2.36. The van der Waals surface area contributed by atoms with Crippen molar-refractivity contribution in [1.29, 1.82) is 0 Å². The molecule has 0 N–H and O–H groups in total. The van der Waals surface area contributed by atoms with Gasteiger partial charge in [-0.25, -0.2) is 9.59 Å². The van der Waals surface area contributed by atoms with Crippen LogP contribution < -0.4 is 9.47 Å². The molecular weight excluding hydrogens is 697 g/mol. The van der Waals surface area contributed by atoms with Gasteiger partial charge in [0.25, 0.3) is 0 Å². The number of hydrogen-bond acceptors (Lipinski definition) is 6. The Labute approximate surface area is 336 Å². The molecular formula is C50H64O6. The fraction of sp³-hybridized carbons (Fsp3) is 0.480. The third kappa shape index (κ3) is 8.55. The van der Waals surface area contributed by atoms with Crippen molar-refractivity contribution in [2.24, 2.45) is 11.8 Å². The Balaban J connectivity index is 1.94. The van der Waals surface area contributed by atoms with Crippen molar-refractivity contribution in [1.82, 2.24) is 0 Å². The van der Waals surface area contributed by atoms with Crippen LogP contribution >= 0.6 is 0 Å². The highest BCUT2D eigenvalue weighted by molar-refractivity contribution is 5.96. The standard InChI is InChI=1S/C50H64O6/c1-13-49(11,12)35-17-21-39-38-20-16-34(48(8,9)10)30-42(38)50(43(39)31-35,36-18-22-44(55-26-24-32(4)5)40(28-36)46(51)53-14-2)37-19-23-45(56-27-25-33(6)7)41(29-37)47(52)54-15-3/h16-23,28-33H,13-15,24-27H2,1-12H3. The highest BCUT2D eigenvalue weighted by Crippen LogP contribution is 2.58. The van der Waals surface area contributed by atoms with Crippen LogP contribution in [0, 0.1) is 11.8 Å². The van der Waals surface area contributed by atoms with Gasteiger partial charge in [-0.2, -0.15) is 0 Å². The second-order valence-corrected chi connectivity index (χ2v) is 17.7. The van der Waals surface area contributed by atoms with E-state index in [0.29, 0.717) is 47.7 Å². The first-order chi connectivity index (χ1) is 26.5. The fourth-order valence-corrected chi connectivity index (χ4v) is 7.53. The Morgan fingerprint density at radius 3 is 1.41 bits per heavy atom. The van der Waals surface area contributed by atoms with E-state index >= 15 is 0 Å². The van der Waals surface area contributed by atoms with Crippen LogP contribution in [-0.4, -0.2) is 38.4 Å². The van der Waals surface area contributed by atoms with E-state index in [9.17, 15) is 9.59 Å². The maximum absolute atomic E-state index is 13.9. The first-order valence-electron chi connectivity index (χ1n) is 20.7. The summed E-state index contributed by atoms with van der Waals surface area (Å²) in [6, 6.07) is 25.6. The van der Waals surface area contributed by atoms with Crippen molar-refractivity contribution < 1.29 is 28.5 Å². The normalized spacial score (nSPS) is 13.4. The smallest absolute Gasteiger partial charge is 0.341 e. The summed E-state index contributed by atoms with van der Waals surface area (Å²) in [5.74, 6) is 0.999. The number of hydrogen-bond donors (Lipinski definition) is 0. The van der Waals surface area contributed by atoms with Crippen molar-refractivity contribution in [2.45, 2.75) is 119 Å². The Hall–Kier alpha value is -4.58. The molecule has 56 heavy (non-hydrogen) atoms. The van der Waals surface area contributed by atoms with Crippen LogP contribution in [-0.2, 0) is 25.7 Å². The maximum atomic E-state index is 13.9. The van der Waals surface area contributed by atoms with Crippen LogP contribution in [0.5, 0.6) is 11.5 Å². The van der Waals surface area contributed by atoms with Crippen LogP contribution in [0.25, 0.3) is 11.1 Å². The van der Waals surface area contributed by atoms with Crippen molar-refractivity contribution in [3.8, 4) is 22.6 Å². The largest absolute Gasteiger partial charge is 0.493 e. The van der Waals surface area contributed by atoms with Gasteiger partial charge in [0.2, 0.25) is 0 Å². The highest BCUT2D eigenvalue weighted by atomic mass is 16.5. The summed E-state index contributed by atoms with van der Waals surface area (Å²) >= 11 is 0. The molecule has 4 aromatic carbocycles. The van der Waals surface area contributed by atoms with Gasteiger partial charge in [0.15, 0.2) is 0 Å². The van der Waals surface area contributed by atoms with Crippen LogP contribution in [0.1, 0.15) is 156 Å². The van der Waals surface area contributed by atoms with Gasteiger partial charge < -0.3 is 18.9 Å². The van der Waals surface area contributed by atoms with Crippen LogP contribution in [0.3, 0.4) is 0 Å². The topological polar surface area (TPSA) is 71.1 Å². The zero-order chi connectivity index (χ0) is 41.0. The summed E-state index contributed by atoms with van der Waals surface area (Å²) in [4.78, 5) is 27.8. The summed E-state index contributed by atoms with van der Waals surface area (Å²) in [5, 5.41) is 0. The molecule has 6 heteroatoms. The highest BCUT2D eigenvalue weighted by Gasteiger charge is 2.48. The molecule has 0 saturated carbocycles. The average Bonchev–Trinajstić information content (AvgIpc) is 3.44. The third-order valence-electron chi connectivity index (χ3n) is 11.4. The summed E-state index contributed by atoms with van der Waals surface area (Å²) in [5.41, 5.74) is 8.06. The molecule has 1 aliphatic carbocycles. The monoisotopic (exact) mass is 760 g/mol. The average molecular weight is 761 g/mol. The van der Waals surface area contributed by atoms with E-state index in [-0.39, 0.29) is 24.0 Å². The van der Waals surface area contributed by atoms with E-state index in [1.807, 2.05) is 38.1 Å². The minimum absolute atomic E-state index is 0.111. The Morgan fingerprint density at radius 1 is 0.589 bits per heavy atom. The molecule has 0 unspecified atom stereocenters. The van der Waals surface area contributed by atoms with E-state index < -0.39 is 17.4 Å². The molecule has 0 amide bonds. The van der Waals surface area contributed by atoms with Gasteiger partial charge >= 0.3 is 11.9 Å². The zero-order valence-corrected chi connectivity index (χ0v) is 36.0. The molecule has 6 nitrogen and oxygen atoms in total. The maximum Gasteiger partial charge on any atom is 0.341 e. The fourth-order valence-electron chi connectivity index (χ4n) is 7.53. The van der Waals surface area contributed by atoms with Gasteiger partial charge in [-0.15, -0.1) is 0 Å². The molecule has 1 aliphatic rings. The van der Waals surface area contributed by atoms with Gasteiger partial charge in [-0.1, -0.05) is 118 Å². The molecule has 0 atom stereocenters. The SMILES string of the molecule is CCOC(=O)c1cc(C2(c3ccc(OCCC(C)C)c(C(=O)OCC)c3)c3cc(C(C)(C)C)ccc3-c3ccc(C(C)(C)CC)cc32)ccc1OCCC(C)C.